The predicted octanol–water partition coefficient (Wildman–Crippen LogP) is -0.503. The highest BCUT2D eigenvalue weighted by Crippen LogP contribution is 1.97. The summed E-state index contributed by atoms with van der Waals surface area (Å²) in [6, 6.07) is 0. The maximum atomic E-state index is 11.1. The zero-order chi connectivity index (χ0) is 10.8. The SMILES string of the molecule is NCCCCCC(=O)NCCC(N)=O. The van der Waals surface area contributed by atoms with Crippen LogP contribution in [0, 0.1) is 0 Å². The minimum absolute atomic E-state index is 0.0247. The molecule has 0 spiro atoms. The van der Waals surface area contributed by atoms with Crippen LogP contribution in [0.15, 0.2) is 0 Å². The van der Waals surface area contributed by atoms with Gasteiger partial charge in [0.25, 0.3) is 0 Å². The van der Waals surface area contributed by atoms with Crippen LogP contribution < -0.4 is 16.8 Å². The lowest BCUT2D eigenvalue weighted by molar-refractivity contribution is -0.121. The molecule has 5 N–H and O–H groups in total. The zero-order valence-corrected chi connectivity index (χ0v) is 8.42. The second kappa shape index (κ2) is 8.50. The molecule has 0 aromatic heterocycles. The highest BCUT2D eigenvalue weighted by Gasteiger charge is 2.00. The van der Waals surface area contributed by atoms with E-state index in [1.807, 2.05) is 0 Å². The molecule has 0 aliphatic heterocycles. The molecule has 0 saturated heterocycles. The van der Waals surface area contributed by atoms with E-state index in [2.05, 4.69) is 5.32 Å². The van der Waals surface area contributed by atoms with Gasteiger partial charge < -0.3 is 16.8 Å². The van der Waals surface area contributed by atoms with Gasteiger partial charge in [0.2, 0.25) is 11.8 Å². The highest BCUT2D eigenvalue weighted by molar-refractivity contribution is 5.77. The normalized spacial score (nSPS) is 9.79. The Bertz CT molecular complexity index is 183. The van der Waals surface area contributed by atoms with Crippen molar-refractivity contribution < 1.29 is 9.59 Å². The van der Waals surface area contributed by atoms with Gasteiger partial charge in [-0.15, -0.1) is 0 Å². The fraction of sp³-hybridized carbons (Fsp3) is 0.778. The van der Waals surface area contributed by atoms with Gasteiger partial charge in [0.15, 0.2) is 0 Å². The Morgan fingerprint density at radius 3 is 2.36 bits per heavy atom. The summed E-state index contributed by atoms with van der Waals surface area (Å²) in [5, 5.41) is 2.62. The second-order valence-electron chi connectivity index (χ2n) is 3.17. The Morgan fingerprint density at radius 1 is 1.07 bits per heavy atom. The Balaban J connectivity index is 3.24. The van der Waals surface area contributed by atoms with Gasteiger partial charge in [-0.05, 0) is 19.4 Å². The number of hydrogen-bond acceptors (Lipinski definition) is 3. The largest absolute Gasteiger partial charge is 0.370 e. The molecule has 0 unspecified atom stereocenters. The summed E-state index contributed by atoms with van der Waals surface area (Å²) in [5.41, 5.74) is 10.2. The lowest BCUT2D eigenvalue weighted by Gasteiger charge is -2.02. The summed E-state index contributed by atoms with van der Waals surface area (Å²) >= 11 is 0. The number of unbranched alkanes of at least 4 members (excludes halogenated alkanes) is 2. The number of rotatable bonds is 8. The monoisotopic (exact) mass is 201 g/mol. The van der Waals surface area contributed by atoms with Gasteiger partial charge in [0, 0.05) is 19.4 Å². The van der Waals surface area contributed by atoms with E-state index in [0.717, 1.165) is 19.3 Å². The van der Waals surface area contributed by atoms with Gasteiger partial charge in [-0.25, -0.2) is 0 Å². The fourth-order valence-corrected chi connectivity index (χ4v) is 1.02. The number of nitrogens with two attached hydrogens (primary N) is 2. The number of amides is 2. The molecule has 0 radical (unpaired) electrons. The van der Waals surface area contributed by atoms with Crippen LogP contribution in [0.3, 0.4) is 0 Å². The second-order valence-corrected chi connectivity index (χ2v) is 3.17. The average molecular weight is 201 g/mol. The maximum absolute atomic E-state index is 11.1. The van der Waals surface area contributed by atoms with Crippen molar-refractivity contribution in [2.24, 2.45) is 11.5 Å². The molecule has 0 aliphatic rings. The third-order valence-corrected chi connectivity index (χ3v) is 1.80. The van der Waals surface area contributed by atoms with E-state index in [0.29, 0.717) is 19.5 Å². The average Bonchev–Trinajstić information content (AvgIpc) is 2.12. The fourth-order valence-electron chi connectivity index (χ4n) is 1.02. The summed E-state index contributed by atoms with van der Waals surface area (Å²) in [7, 11) is 0. The molecule has 14 heavy (non-hydrogen) atoms. The van der Waals surface area contributed by atoms with Crippen molar-refractivity contribution in [2.75, 3.05) is 13.1 Å². The van der Waals surface area contributed by atoms with Gasteiger partial charge in [0.1, 0.15) is 0 Å². The minimum Gasteiger partial charge on any atom is -0.370 e. The van der Waals surface area contributed by atoms with Crippen LogP contribution in [-0.2, 0) is 9.59 Å². The number of nitrogens with one attached hydrogen (secondary N) is 1. The van der Waals surface area contributed by atoms with Crippen molar-refractivity contribution >= 4 is 11.8 Å². The van der Waals surface area contributed by atoms with Crippen molar-refractivity contribution in [2.45, 2.75) is 32.1 Å². The molecule has 0 fully saturated rings. The summed E-state index contributed by atoms with van der Waals surface area (Å²) in [6.07, 6.45) is 3.47. The molecule has 0 aliphatic carbocycles. The van der Waals surface area contributed by atoms with Gasteiger partial charge in [0.05, 0.1) is 0 Å². The molecule has 0 heterocycles. The Morgan fingerprint density at radius 2 is 1.79 bits per heavy atom. The maximum Gasteiger partial charge on any atom is 0.220 e. The van der Waals surface area contributed by atoms with Gasteiger partial charge in [-0.1, -0.05) is 6.42 Å². The minimum atomic E-state index is -0.395. The first-order chi connectivity index (χ1) is 6.66. The topological polar surface area (TPSA) is 98.2 Å². The Hall–Kier alpha value is -1.10. The molecule has 5 nitrogen and oxygen atoms in total. The van der Waals surface area contributed by atoms with Crippen LogP contribution in [0.5, 0.6) is 0 Å². The molecule has 2 amide bonds. The van der Waals surface area contributed by atoms with Crippen molar-refractivity contribution in [3.8, 4) is 0 Å². The van der Waals surface area contributed by atoms with Crippen LogP contribution >= 0.6 is 0 Å². The van der Waals surface area contributed by atoms with Crippen LogP contribution in [-0.4, -0.2) is 24.9 Å². The van der Waals surface area contributed by atoms with Gasteiger partial charge in [-0.3, -0.25) is 9.59 Å². The lowest BCUT2D eigenvalue weighted by Crippen LogP contribution is -2.27. The van der Waals surface area contributed by atoms with E-state index in [9.17, 15) is 9.59 Å². The zero-order valence-electron chi connectivity index (χ0n) is 8.42. The van der Waals surface area contributed by atoms with Gasteiger partial charge in [-0.2, -0.15) is 0 Å². The van der Waals surface area contributed by atoms with Gasteiger partial charge >= 0.3 is 0 Å². The van der Waals surface area contributed by atoms with Crippen molar-refractivity contribution in [3.05, 3.63) is 0 Å². The van der Waals surface area contributed by atoms with Crippen LogP contribution in [0.25, 0.3) is 0 Å². The quantitative estimate of drug-likeness (QED) is 0.461. The standard InChI is InChI=1S/C9H19N3O2/c10-6-3-1-2-4-9(14)12-7-5-8(11)13/h1-7,10H2,(H2,11,13)(H,12,14). The molecule has 0 rings (SSSR count). The molecular formula is C9H19N3O2. The highest BCUT2D eigenvalue weighted by atomic mass is 16.2. The van der Waals surface area contributed by atoms with Crippen LogP contribution in [0.1, 0.15) is 32.1 Å². The molecule has 5 heteroatoms. The smallest absolute Gasteiger partial charge is 0.220 e. The first-order valence-electron chi connectivity index (χ1n) is 4.92. The van der Waals surface area contributed by atoms with Crippen molar-refractivity contribution in [1.29, 1.82) is 0 Å². The third-order valence-electron chi connectivity index (χ3n) is 1.80. The van der Waals surface area contributed by atoms with E-state index in [-0.39, 0.29) is 12.3 Å². The van der Waals surface area contributed by atoms with Crippen molar-refractivity contribution in [1.82, 2.24) is 5.32 Å². The van der Waals surface area contributed by atoms with E-state index >= 15 is 0 Å². The molecule has 82 valence electrons. The summed E-state index contributed by atoms with van der Waals surface area (Å²) < 4.78 is 0. The molecule has 0 saturated carbocycles. The molecule has 0 aromatic carbocycles. The molecule has 0 bridgehead atoms. The first kappa shape index (κ1) is 12.9. The van der Waals surface area contributed by atoms with E-state index < -0.39 is 5.91 Å². The van der Waals surface area contributed by atoms with E-state index in [4.69, 9.17) is 11.5 Å². The molecule has 0 aromatic rings. The number of carbonyl (C=O) groups excluding carboxylic acids is 2. The van der Waals surface area contributed by atoms with E-state index in [1.54, 1.807) is 0 Å². The lowest BCUT2D eigenvalue weighted by atomic mass is 10.2. The summed E-state index contributed by atoms with van der Waals surface area (Å²) in [5.74, 6) is -0.420. The van der Waals surface area contributed by atoms with Crippen molar-refractivity contribution in [3.63, 3.8) is 0 Å². The first-order valence-corrected chi connectivity index (χ1v) is 4.92. The molecular weight excluding hydrogens is 182 g/mol. The number of carbonyl (C=O) groups is 2. The Kier molecular flexibility index (Phi) is 7.83. The summed E-state index contributed by atoms with van der Waals surface area (Å²) in [6.45, 7) is 1.01. The van der Waals surface area contributed by atoms with Crippen LogP contribution in [0.2, 0.25) is 0 Å². The van der Waals surface area contributed by atoms with Crippen LogP contribution in [0.4, 0.5) is 0 Å². The number of hydrogen-bond donors (Lipinski definition) is 3. The van der Waals surface area contributed by atoms with E-state index in [1.165, 1.54) is 0 Å². The molecule has 0 atom stereocenters. The number of primary amides is 1. The third kappa shape index (κ3) is 8.99. The Labute approximate surface area is 84.2 Å². The predicted molar refractivity (Wildman–Crippen MR) is 54.3 cm³/mol. The summed E-state index contributed by atoms with van der Waals surface area (Å²) in [4.78, 5) is 21.4.